The highest BCUT2D eigenvalue weighted by molar-refractivity contribution is 14.1. The minimum atomic E-state index is -0.584. The van der Waals surface area contributed by atoms with Gasteiger partial charge in [0.05, 0.1) is 30.3 Å². The Morgan fingerprint density at radius 3 is 2.31 bits per heavy atom. The lowest BCUT2D eigenvalue weighted by Crippen LogP contribution is -2.13. The molecule has 0 aromatic heterocycles. The van der Waals surface area contributed by atoms with Crippen LogP contribution in [0.5, 0.6) is 11.5 Å². The molecule has 0 saturated carbocycles. The molecule has 0 aliphatic carbocycles. The monoisotopic (exact) mass is 660 g/mol. The zero-order chi connectivity index (χ0) is 25.5. The number of ether oxygens (including phenoxy) is 2. The number of nitrogens with one attached hydrogen (secondary N) is 1. The Bertz CT molecular complexity index is 1340. The average Bonchev–Trinajstić information content (AvgIpc) is 2.81. The van der Waals surface area contributed by atoms with Crippen LogP contribution in [0.2, 0.25) is 20.1 Å². The summed E-state index contributed by atoms with van der Waals surface area (Å²) in [5.41, 5.74) is 1.76. The summed E-state index contributed by atoms with van der Waals surface area (Å²) in [6.07, 6.45) is 1.47. The highest BCUT2D eigenvalue weighted by Crippen LogP contribution is 2.36. The molecule has 3 aromatic carbocycles. The molecular weight excluding hydrogens is 645 g/mol. The standard InChI is InChI=1S/C25H17Cl4IN2O3/c1-2-34-23-10-15(7-16(12-31)25(33)32-17-4-6-19(27)21(29)11-17)9-22(30)24(23)35-13-14-3-5-18(26)20(28)8-14/h3-11H,2,13H2,1H3,(H,32,33)/b16-7+. The maximum Gasteiger partial charge on any atom is 0.266 e. The van der Waals surface area contributed by atoms with E-state index in [0.717, 1.165) is 9.13 Å². The van der Waals surface area contributed by atoms with Crippen molar-refractivity contribution in [2.45, 2.75) is 13.5 Å². The van der Waals surface area contributed by atoms with Crippen LogP contribution in [0.25, 0.3) is 6.08 Å². The van der Waals surface area contributed by atoms with Gasteiger partial charge >= 0.3 is 0 Å². The number of hydrogen-bond donors (Lipinski definition) is 1. The van der Waals surface area contributed by atoms with Gasteiger partial charge in [0.25, 0.3) is 5.91 Å². The molecule has 0 aliphatic heterocycles. The van der Waals surface area contributed by atoms with Crippen LogP contribution in [0.1, 0.15) is 18.1 Å². The van der Waals surface area contributed by atoms with Gasteiger partial charge in [0.2, 0.25) is 0 Å². The zero-order valence-corrected chi connectivity index (χ0v) is 23.4. The van der Waals surface area contributed by atoms with E-state index in [1.165, 1.54) is 12.1 Å². The van der Waals surface area contributed by atoms with Gasteiger partial charge in [-0.25, -0.2) is 0 Å². The van der Waals surface area contributed by atoms with Gasteiger partial charge in [-0.3, -0.25) is 4.79 Å². The van der Waals surface area contributed by atoms with E-state index in [-0.39, 0.29) is 12.2 Å². The second-order valence-corrected chi connectivity index (χ2v) is 9.84. The predicted molar refractivity (Wildman–Crippen MR) is 150 cm³/mol. The molecule has 5 nitrogen and oxygen atoms in total. The number of rotatable bonds is 8. The SMILES string of the molecule is CCOc1cc(/C=C(\C#N)C(=O)Nc2ccc(Cl)c(Cl)c2)cc(I)c1OCc1ccc(Cl)c(Cl)c1. The molecule has 0 spiro atoms. The quantitative estimate of drug-likeness (QED) is 0.149. The lowest BCUT2D eigenvalue weighted by Gasteiger charge is -2.15. The number of anilines is 1. The third-order valence-electron chi connectivity index (χ3n) is 4.55. The van der Waals surface area contributed by atoms with E-state index in [2.05, 4.69) is 27.9 Å². The summed E-state index contributed by atoms with van der Waals surface area (Å²) in [5.74, 6) is 0.432. The zero-order valence-electron chi connectivity index (χ0n) is 18.2. The van der Waals surface area contributed by atoms with E-state index >= 15 is 0 Å². The Kier molecular flexibility index (Phi) is 9.96. The molecule has 0 fully saturated rings. The fourth-order valence-corrected chi connectivity index (χ4v) is 4.35. The number of carbonyl (C=O) groups is 1. The molecule has 0 aliphatic rings. The molecule has 180 valence electrons. The summed E-state index contributed by atoms with van der Waals surface area (Å²) in [5, 5.41) is 13.8. The number of nitrogens with zero attached hydrogens (tertiary/aromatic N) is 1. The summed E-state index contributed by atoms with van der Waals surface area (Å²) in [6.45, 7) is 2.50. The lowest BCUT2D eigenvalue weighted by atomic mass is 10.1. The second kappa shape index (κ2) is 12.7. The van der Waals surface area contributed by atoms with Crippen molar-refractivity contribution in [2.75, 3.05) is 11.9 Å². The summed E-state index contributed by atoms with van der Waals surface area (Å²) >= 11 is 26.1. The first-order valence-electron chi connectivity index (χ1n) is 10.1. The molecule has 35 heavy (non-hydrogen) atoms. The van der Waals surface area contributed by atoms with Crippen molar-refractivity contribution in [1.29, 1.82) is 5.26 Å². The molecule has 1 N–H and O–H groups in total. The molecule has 10 heteroatoms. The van der Waals surface area contributed by atoms with Crippen molar-refractivity contribution in [3.8, 4) is 17.6 Å². The van der Waals surface area contributed by atoms with Gasteiger partial charge in [0.1, 0.15) is 18.2 Å². The Morgan fingerprint density at radius 2 is 1.69 bits per heavy atom. The first kappa shape index (κ1) is 27.4. The fourth-order valence-electron chi connectivity index (χ4n) is 2.95. The smallest absolute Gasteiger partial charge is 0.266 e. The van der Waals surface area contributed by atoms with Crippen molar-refractivity contribution >= 4 is 86.7 Å². The summed E-state index contributed by atoms with van der Waals surface area (Å²) in [4.78, 5) is 12.7. The maximum absolute atomic E-state index is 12.7. The van der Waals surface area contributed by atoms with Crippen LogP contribution >= 0.6 is 69.0 Å². The Morgan fingerprint density at radius 1 is 1.00 bits per heavy atom. The van der Waals surface area contributed by atoms with Crippen LogP contribution in [0.15, 0.2) is 54.1 Å². The topological polar surface area (TPSA) is 71.3 Å². The fraction of sp³-hybridized carbons (Fsp3) is 0.120. The molecule has 3 rings (SSSR count). The molecule has 0 radical (unpaired) electrons. The molecule has 0 atom stereocenters. The largest absolute Gasteiger partial charge is 0.490 e. The van der Waals surface area contributed by atoms with Crippen LogP contribution in [-0.2, 0) is 11.4 Å². The van der Waals surface area contributed by atoms with Crippen molar-refractivity contribution in [3.63, 3.8) is 0 Å². The summed E-state index contributed by atoms with van der Waals surface area (Å²) in [6, 6.07) is 15.4. The lowest BCUT2D eigenvalue weighted by molar-refractivity contribution is -0.112. The summed E-state index contributed by atoms with van der Waals surface area (Å²) in [7, 11) is 0. The third-order valence-corrected chi connectivity index (χ3v) is 6.83. The predicted octanol–water partition coefficient (Wildman–Crippen LogP) is 8.43. The average molecular weight is 662 g/mol. The number of nitriles is 1. The number of benzene rings is 3. The van der Waals surface area contributed by atoms with Crippen molar-refractivity contribution in [2.24, 2.45) is 0 Å². The van der Waals surface area contributed by atoms with Crippen LogP contribution in [0.4, 0.5) is 5.69 Å². The number of carbonyl (C=O) groups excluding carboxylic acids is 1. The molecule has 0 saturated heterocycles. The minimum Gasteiger partial charge on any atom is -0.490 e. The van der Waals surface area contributed by atoms with E-state index in [0.29, 0.717) is 49.4 Å². The molecule has 3 aromatic rings. The van der Waals surface area contributed by atoms with Crippen LogP contribution in [0, 0.1) is 14.9 Å². The molecule has 0 heterocycles. The molecule has 0 unspecified atom stereocenters. The maximum atomic E-state index is 12.7. The molecular formula is C25H17Cl4IN2O3. The Hall–Kier alpha value is -2.15. The van der Waals surface area contributed by atoms with E-state index in [1.54, 1.807) is 36.4 Å². The van der Waals surface area contributed by atoms with Crippen molar-refractivity contribution in [3.05, 3.63) is 88.9 Å². The van der Waals surface area contributed by atoms with E-state index in [9.17, 15) is 10.1 Å². The van der Waals surface area contributed by atoms with E-state index < -0.39 is 5.91 Å². The summed E-state index contributed by atoms with van der Waals surface area (Å²) < 4.78 is 12.5. The Balaban J connectivity index is 1.85. The first-order valence-corrected chi connectivity index (χ1v) is 12.7. The highest BCUT2D eigenvalue weighted by atomic mass is 127. The molecule has 1 amide bonds. The third kappa shape index (κ3) is 7.42. The van der Waals surface area contributed by atoms with Gasteiger partial charge in [0, 0.05) is 5.69 Å². The first-order chi connectivity index (χ1) is 16.7. The van der Waals surface area contributed by atoms with Gasteiger partial charge in [-0.05, 0) is 89.2 Å². The van der Waals surface area contributed by atoms with Crippen LogP contribution in [0.3, 0.4) is 0 Å². The minimum absolute atomic E-state index is 0.0983. The number of amides is 1. The van der Waals surface area contributed by atoms with Gasteiger partial charge < -0.3 is 14.8 Å². The van der Waals surface area contributed by atoms with E-state index in [1.807, 2.05) is 19.1 Å². The number of halogens is 5. The van der Waals surface area contributed by atoms with Crippen LogP contribution < -0.4 is 14.8 Å². The van der Waals surface area contributed by atoms with Gasteiger partial charge in [-0.2, -0.15) is 5.26 Å². The van der Waals surface area contributed by atoms with Crippen molar-refractivity contribution in [1.82, 2.24) is 0 Å². The second-order valence-electron chi connectivity index (χ2n) is 7.05. The van der Waals surface area contributed by atoms with Gasteiger partial charge in [-0.1, -0.05) is 52.5 Å². The Labute approximate surface area is 236 Å². The number of hydrogen-bond acceptors (Lipinski definition) is 4. The van der Waals surface area contributed by atoms with Crippen molar-refractivity contribution < 1.29 is 14.3 Å². The highest BCUT2D eigenvalue weighted by Gasteiger charge is 2.15. The normalized spacial score (nSPS) is 11.1. The van der Waals surface area contributed by atoms with Crippen LogP contribution in [-0.4, -0.2) is 12.5 Å². The molecule has 0 bridgehead atoms. The van der Waals surface area contributed by atoms with E-state index in [4.69, 9.17) is 55.9 Å². The van der Waals surface area contributed by atoms with Gasteiger partial charge in [-0.15, -0.1) is 0 Å². The van der Waals surface area contributed by atoms with Gasteiger partial charge in [0.15, 0.2) is 11.5 Å².